The first kappa shape index (κ1) is 10.2. The molecule has 0 heterocycles. The van der Waals surface area contributed by atoms with Crippen LogP contribution in [-0.2, 0) is 0 Å². The van der Waals surface area contributed by atoms with Gasteiger partial charge in [0.2, 0.25) is 0 Å². The second-order valence-corrected chi connectivity index (χ2v) is 5.46. The highest BCUT2D eigenvalue weighted by atomic mass is 79.9. The van der Waals surface area contributed by atoms with Crippen LogP contribution in [0, 0.1) is 11.3 Å². The van der Waals surface area contributed by atoms with Crippen molar-refractivity contribution in [3.63, 3.8) is 0 Å². The summed E-state index contributed by atoms with van der Waals surface area (Å²) >= 11 is 3.56. The van der Waals surface area contributed by atoms with Gasteiger partial charge < -0.3 is 5.11 Å². The number of hydrogen-bond donors (Lipinski definition) is 1. The molecule has 0 bridgehead atoms. The van der Waals surface area contributed by atoms with Crippen molar-refractivity contribution in [1.82, 2.24) is 0 Å². The molecular formula is C12H15BrO. The predicted molar refractivity (Wildman–Crippen MR) is 61.2 cm³/mol. The van der Waals surface area contributed by atoms with Gasteiger partial charge in [0.05, 0.1) is 0 Å². The quantitative estimate of drug-likeness (QED) is 0.860. The molecule has 1 aromatic carbocycles. The van der Waals surface area contributed by atoms with Crippen LogP contribution in [0.15, 0.2) is 28.7 Å². The molecule has 1 N–H and O–H groups in total. The number of rotatable bonds is 2. The fourth-order valence-corrected chi connectivity index (χ4v) is 2.96. The van der Waals surface area contributed by atoms with Gasteiger partial charge in [-0.1, -0.05) is 48.0 Å². The van der Waals surface area contributed by atoms with Crippen molar-refractivity contribution in [3.8, 4) is 0 Å². The van der Waals surface area contributed by atoms with E-state index in [9.17, 15) is 5.11 Å². The summed E-state index contributed by atoms with van der Waals surface area (Å²) in [5, 5.41) is 9.25. The molecule has 0 saturated heterocycles. The summed E-state index contributed by atoms with van der Waals surface area (Å²) in [6, 6.07) is 8.30. The van der Waals surface area contributed by atoms with Gasteiger partial charge in [0, 0.05) is 11.1 Å². The Labute approximate surface area is 93.3 Å². The van der Waals surface area contributed by atoms with Crippen molar-refractivity contribution in [2.24, 2.45) is 11.3 Å². The molecule has 1 aromatic rings. The lowest BCUT2D eigenvalue weighted by Crippen LogP contribution is -1.93. The Bertz CT molecular complexity index is 346. The Kier molecular flexibility index (Phi) is 2.44. The highest BCUT2D eigenvalue weighted by Gasteiger charge is 2.58. The zero-order chi connectivity index (χ0) is 10.3. The van der Waals surface area contributed by atoms with Gasteiger partial charge in [-0.25, -0.2) is 0 Å². The maximum atomic E-state index is 9.25. The van der Waals surface area contributed by atoms with Gasteiger partial charge in [-0.2, -0.15) is 0 Å². The van der Waals surface area contributed by atoms with E-state index in [1.165, 1.54) is 5.56 Å². The molecule has 0 aliphatic heterocycles. The maximum absolute atomic E-state index is 9.25. The molecule has 14 heavy (non-hydrogen) atoms. The van der Waals surface area contributed by atoms with Crippen LogP contribution in [0.5, 0.6) is 0 Å². The summed E-state index contributed by atoms with van der Waals surface area (Å²) in [5.74, 6) is 0.921. The number of hydrogen-bond acceptors (Lipinski definition) is 1. The zero-order valence-electron chi connectivity index (χ0n) is 8.50. The van der Waals surface area contributed by atoms with E-state index < -0.39 is 0 Å². The van der Waals surface area contributed by atoms with E-state index in [1.807, 2.05) is 6.07 Å². The van der Waals surface area contributed by atoms with Gasteiger partial charge >= 0.3 is 0 Å². The average molecular weight is 255 g/mol. The molecule has 0 radical (unpaired) electrons. The molecular weight excluding hydrogens is 240 g/mol. The van der Waals surface area contributed by atoms with Crippen LogP contribution in [0.4, 0.5) is 0 Å². The highest BCUT2D eigenvalue weighted by molar-refractivity contribution is 9.10. The monoisotopic (exact) mass is 254 g/mol. The summed E-state index contributed by atoms with van der Waals surface area (Å²) in [4.78, 5) is 0. The molecule has 0 spiro atoms. The average Bonchev–Trinajstić information content (AvgIpc) is 2.69. The first-order valence-corrected chi connectivity index (χ1v) is 5.73. The molecule has 1 fully saturated rings. The van der Waals surface area contributed by atoms with Crippen LogP contribution in [0.1, 0.15) is 25.3 Å². The molecule has 2 unspecified atom stereocenters. The molecule has 0 aromatic heterocycles. The van der Waals surface area contributed by atoms with E-state index in [0.717, 1.165) is 4.47 Å². The lowest BCUT2D eigenvalue weighted by atomic mass is 10.0. The molecule has 1 nitrogen and oxygen atoms in total. The SMILES string of the molecule is CC1(C)C(CO)C1c1ccccc1Br. The molecule has 2 atom stereocenters. The Morgan fingerprint density at radius 3 is 2.50 bits per heavy atom. The fraction of sp³-hybridized carbons (Fsp3) is 0.500. The zero-order valence-corrected chi connectivity index (χ0v) is 10.1. The van der Waals surface area contributed by atoms with Gasteiger partial charge in [-0.3, -0.25) is 0 Å². The second kappa shape index (κ2) is 3.35. The summed E-state index contributed by atoms with van der Waals surface area (Å²) in [6.07, 6.45) is 0. The van der Waals surface area contributed by atoms with Crippen LogP contribution >= 0.6 is 15.9 Å². The second-order valence-electron chi connectivity index (χ2n) is 4.61. The largest absolute Gasteiger partial charge is 0.396 e. The summed E-state index contributed by atoms with van der Waals surface area (Å²) in [6.45, 7) is 4.73. The van der Waals surface area contributed by atoms with Gasteiger partial charge in [0.25, 0.3) is 0 Å². The third kappa shape index (κ3) is 1.41. The molecule has 2 heteroatoms. The van der Waals surface area contributed by atoms with Gasteiger partial charge in [0.1, 0.15) is 0 Å². The van der Waals surface area contributed by atoms with Crippen LogP contribution in [0.2, 0.25) is 0 Å². The number of benzene rings is 1. The minimum atomic E-state index is 0.249. The van der Waals surface area contributed by atoms with Crippen molar-refractivity contribution in [2.75, 3.05) is 6.61 Å². The highest BCUT2D eigenvalue weighted by Crippen LogP contribution is 2.64. The standard InChI is InChI=1S/C12H15BrO/c1-12(2)9(7-14)11(12)8-5-3-4-6-10(8)13/h3-6,9,11,14H,7H2,1-2H3. The van der Waals surface area contributed by atoms with Gasteiger partial charge in [-0.15, -0.1) is 0 Å². The number of halogens is 1. The van der Waals surface area contributed by atoms with Gasteiger partial charge in [0.15, 0.2) is 0 Å². The van der Waals surface area contributed by atoms with Crippen molar-refractivity contribution in [2.45, 2.75) is 19.8 Å². The number of aliphatic hydroxyl groups excluding tert-OH is 1. The molecule has 76 valence electrons. The summed E-state index contributed by atoms with van der Waals surface area (Å²) in [7, 11) is 0. The maximum Gasteiger partial charge on any atom is 0.0470 e. The Hall–Kier alpha value is -0.340. The minimum absolute atomic E-state index is 0.249. The topological polar surface area (TPSA) is 20.2 Å². The van der Waals surface area contributed by atoms with E-state index in [4.69, 9.17) is 0 Å². The van der Waals surface area contributed by atoms with Crippen molar-refractivity contribution in [1.29, 1.82) is 0 Å². The van der Waals surface area contributed by atoms with Crippen LogP contribution in [0.25, 0.3) is 0 Å². The van der Waals surface area contributed by atoms with E-state index in [0.29, 0.717) is 18.4 Å². The van der Waals surface area contributed by atoms with Crippen molar-refractivity contribution < 1.29 is 5.11 Å². The fourth-order valence-electron chi connectivity index (χ4n) is 2.43. The number of aliphatic hydroxyl groups is 1. The summed E-state index contributed by atoms with van der Waals surface area (Å²) < 4.78 is 1.16. The third-order valence-corrected chi connectivity index (χ3v) is 4.21. The smallest absolute Gasteiger partial charge is 0.0470 e. The van der Waals surface area contributed by atoms with Gasteiger partial charge in [-0.05, 0) is 28.9 Å². The first-order valence-electron chi connectivity index (χ1n) is 4.94. The Morgan fingerprint density at radius 1 is 1.36 bits per heavy atom. The van der Waals surface area contributed by atoms with Crippen molar-refractivity contribution in [3.05, 3.63) is 34.3 Å². The lowest BCUT2D eigenvalue weighted by Gasteiger charge is -2.05. The van der Waals surface area contributed by atoms with Crippen LogP contribution in [-0.4, -0.2) is 11.7 Å². The van der Waals surface area contributed by atoms with Crippen molar-refractivity contribution >= 4 is 15.9 Å². The van der Waals surface area contributed by atoms with Crippen LogP contribution in [0.3, 0.4) is 0 Å². The Balaban J connectivity index is 2.31. The van der Waals surface area contributed by atoms with E-state index in [1.54, 1.807) is 0 Å². The molecule has 1 saturated carbocycles. The third-order valence-electron chi connectivity index (χ3n) is 3.49. The Morgan fingerprint density at radius 2 is 2.00 bits per heavy atom. The van der Waals surface area contributed by atoms with E-state index in [-0.39, 0.29) is 5.41 Å². The van der Waals surface area contributed by atoms with Crippen LogP contribution < -0.4 is 0 Å². The summed E-state index contributed by atoms with van der Waals surface area (Å²) in [5.41, 5.74) is 1.58. The molecule has 1 aliphatic rings. The van der Waals surface area contributed by atoms with E-state index >= 15 is 0 Å². The first-order chi connectivity index (χ1) is 6.59. The predicted octanol–water partition coefficient (Wildman–Crippen LogP) is 3.18. The molecule has 0 amide bonds. The lowest BCUT2D eigenvalue weighted by molar-refractivity contribution is 0.256. The minimum Gasteiger partial charge on any atom is -0.396 e. The molecule has 2 rings (SSSR count). The molecule has 1 aliphatic carbocycles. The normalized spacial score (nSPS) is 28.9. The van der Waals surface area contributed by atoms with E-state index in [2.05, 4.69) is 48.0 Å².